The fourth-order valence-corrected chi connectivity index (χ4v) is 9.81. The largest absolute Gasteiger partial charge is 0.407 e. The maximum absolute atomic E-state index is 10.5. The second-order valence-electron chi connectivity index (χ2n) is 11.2. The number of hydrogen-bond donors (Lipinski definition) is 3. The topological polar surface area (TPSA) is 88.4 Å². The van der Waals surface area contributed by atoms with Crippen molar-refractivity contribution < 1.29 is 29.2 Å². The van der Waals surface area contributed by atoms with Crippen LogP contribution in [-0.2, 0) is 13.9 Å². The summed E-state index contributed by atoms with van der Waals surface area (Å²) < 4.78 is 18.0. The number of hydrogen-bond acceptors (Lipinski definition) is 6. The summed E-state index contributed by atoms with van der Waals surface area (Å²) >= 11 is 0. The van der Waals surface area contributed by atoms with Crippen LogP contribution in [0.1, 0.15) is 65.7 Å². The molecule has 2 aromatic rings. The molecule has 0 aliphatic carbocycles. The van der Waals surface area contributed by atoms with Crippen molar-refractivity contribution >= 4 is 18.7 Å². The predicted octanol–water partition coefficient (Wildman–Crippen LogP) is 3.75. The van der Waals surface area contributed by atoms with Gasteiger partial charge in [-0.05, 0) is 53.9 Å². The first-order valence-corrected chi connectivity index (χ1v) is 15.7. The molecule has 37 heavy (non-hydrogen) atoms. The van der Waals surface area contributed by atoms with E-state index in [1.54, 1.807) is 0 Å². The molecule has 206 valence electrons. The van der Waals surface area contributed by atoms with Crippen molar-refractivity contribution in [1.29, 1.82) is 0 Å². The van der Waals surface area contributed by atoms with Crippen LogP contribution in [0.25, 0.3) is 0 Å². The van der Waals surface area contributed by atoms with Crippen LogP contribution in [0.2, 0.25) is 5.04 Å². The van der Waals surface area contributed by atoms with Crippen LogP contribution < -0.4 is 10.4 Å². The maximum Gasteiger partial charge on any atom is 0.261 e. The molecule has 0 bridgehead atoms. The quantitative estimate of drug-likeness (QED) is 0.255. The third kappa shape index (κ3) is 8.45. The first kappa shape index (κ1) is 30.0. The van der Waals surface area contributed by atoms with Crippen LogP contribution >= 0.6 is 0 Å². The second-order valence-corrected chi connectivity index (χ2v) is 15.5. The van der Waals surface area contributed by atoms with Gasteiger partial charge in [0.2, 0.25) is 0 Å². The Kier molecular flexibility index (Phi) is 11.8. The SMILES string of the molecule is CC(C)(C)[Si](OCCCC[C@H](O)[C@H](O)C[C@H](O)COC1CCCCO1)(c1ccccc1)c1ccccc1. The number of ether oxygens (including phenoxy) is 2. The Morgan fingerprint density at radius 2 is 1.51 bits per heavy atom. The molecule has 3 N–H and O–H groups in total. The van der Waals surface area contributed by atoms with Gasteiger partial charge < -0.3 is 29.2 Å². The number of benzene rings is 2. The summed E-state index contributed by atoms with van der Waals surface area (Å²) in [6.45, 7) is 8.13. The zero-order valence-electron chi connectivity index (χ0n) is 22.7. The number of aliphatic hydroxyl groups is 3. The molecule has 3 rings (SSSR count). The number of rotatable bonds is 14. The Labute approximate surface area is 223 Å². The third-order valence-electron chi connectivity index (χ3n) is 7.20. The Hall–Kier alpha value is -1.58. The van der Waals surface area contributed by atoms with Gasteiger partial charge in [-0.2, -0.15) is 0 Å². The predicted molar refractivity (Wildman–Crippen MR) is 150 cm³/mol. The molecule has 0 aromatic heterocycles. The zero-order chi connectivity index (χ0) is 26.7. The minimum atomic E-state index is -2.56. The van der Waals surface area contributed by atoms with Crippen LogP contribution in [0.3, 0.4) is 0 Å². The van der Waals surface area contributed by atoms with E-state index >= 15 is 0 Å². The molecular formula is C30H46O6Si. The highest BCUT2D eigenvalue weighted by Gasteiger charge is 2.49. The van der Waals surface area contributed by atoms with Crippen molar-refractivity contribution in [1.82, 2.24) is 0 Å². The van der Waals surface area contributed by atoms with Gasteiger partial charge in [0.05, 0.1) is 24.9 Å². The summed E-state index contributed by atoms with van der Waals surface area (Å²) in [5, 5.41) is 33.5. The molecule has 1 fully saturated rings. The number of unbranched alkanes of at least 4 members (excludes halogenated alkanes) is 1. The van der Waals surface area contributed by atoms with E-state index < -0.39 is 26.6 Å². The highest BCUT2D eigenvalue weighted by Crippen LogP contribution is 2.36. The van der Waals surface area contributed by atoms with Gasteiger partial charge in [0, 0.05) is 19.6 Å². The molecule has 0 saturated carbocycles. The average Bonchev–Trinajstić information content (AvgIpc) is 2.90. The summed E-state index contributed by atoms with van der Waals surface area (Å²) in [4.78, 5) is 0. The Bertz CT molecular complexity index is 842. The first-order valence-electron chi connectivity index (χ1n) is 13.8. The Balaban J connectivity index is 1.50. The van der Waals surface area contributed by atoms with Crippen LogP contribution in [0.15, 0.2) is 60.7 Å². The lowest BCUT2D eigenvalue weighted by Gasteiger charge is -2.43. The fourth-order valence-electron chi connectivity index (χ4n) is 5.20. The monoisotopic (exact) mass is 530 g/mol. The van der Waals surface area contributed by atoms with Crippen LogP contribution in [0, 0.1) is 0 Å². The van der Waals surface area contributed by atoms with Crippen LogP contribution in [-0.4, -0.2) is 68.1 Å². The molecule has 0 spiro atoms. The average molecular weight is 531 g/mol. The highest BCUT2D eigenvalue weighted by molar-refractivity contribution is 6.99. The minimum absolute atomic E-state index is 0.0758. The lowest BCUT2D eigenvalue weighted by Crippen LogP contribution is -2.66. The lowest BCUT2D eigenvalue weighted by atomic mass is 10.0. The van der Waals surface area contributed by atoms with Crippen molar-refractivity contribution in [2.45, 2.75) is 95.4 Å². The van der Waals surface area contributed by atoms with Gasteiger partial charge in [0.25, 0.3) is 8.32 Å². The van der Waals surface area contributed by atoms with E-state index in [4.69, 9.17) is 13.9 Å². The van der Waals surface area contributed by atoms with Gasteiger partial charge in [0.15, 0.2) is 6.29 Å². The van der Waals surface area contributed by atoms with Gasteiger partial charge in [-0.15, -0.1) is 0 Å². The van der Waals surface area contributed by atoms with Gasteiger partial charge in [-0.3, -0.25) is 0 Å². The Morgan fingerprint density at radius 3 is 2.05 bits per heavy atom. The van der Waals surface area contributed by atoms with E-state index in [0.29, 0.717) is 19.6 Å². The molecule has 1 aliphatic rings. The summed E-state index contributed by atoms with van der Waals surface area (Å²) in [6.07, 6.45) is 1.94. The standard InChI is InChI=1S/C30H46O6Si/c1-30(2,3)37(25-14-6-4-7-15-25,26-16-8-5-9-17-26)36-21-13-10-18-27(32)28(33)22-24(31)23-35-29-19-11-12-20-34-29/h4-9,14-17,24,27-29,31-33H,10-13,18-23H2,1-3H3/t24-,27-,28+,29?/m0/s1. The molecule has 2 aromatic carbocycles. The lowest BCUT2D eigenvalue weighted by molar-refractivity contribution is -0.178. The van der Waals surface area contributed by atoms with E-state index in [9.17, 15) is 15.3 Å². The smallest absolute Gasteiger partial charge is 0.261 e. The summed E-state index contributed by atoms with van der Waals surface area (Å²) in [6, 6.07) is 21.1. The van der Waals surface area contributed by atoms with Crippen LogP contribution in [0.5, 0.6) is 0 Å². The van der Waals surface area contributed by atoms with Crippen molar-refractivity contribution in [2.75, 3.05) is 19.8 Å². The van der Waals surface area contributed by atoms with Gasteiger partial charge in [0.1, 0.15) is 0 Å². The van der Waals surface area contributed by atoms with Gasteiger partial charge >= 0.3 is 0 Å². The summed E-state index contributed by atoms with van der Waals surface area (Å²) in [5.74, 6) is 0. The van der Waals surface area contributed by atoms with E-state index in [2.05, 4.69) is 69.3 Å². The highest BCUT2D eigenvalue weighted by atomic mass is 28.4. The zero-order valence-corrected chi connectivity index (χ0v) is 23.7. The molecule has 0 radical (unpaired) electrons. The molecule has 6 nitrogen and oxygen atoms in total. The van der Waals surface area contributed by atoms with Crippen molar-refractivity contribution in [3.8, 4) is 0 Å². The fraction of sp³-hybridized carbons (Fsp3) is 0.600. The first-order chi connectivity index (χ1) is 17.7. The second kappa shape index (κ2) is 14.5. The maximum atomic E-state index is 10.5. The minimum Gasteiger partial charge on any atom is -0.407 e. The third-order valence-corrected chi connectivity index (χ3v) is 12.2. The molecule has 1 aliphatic heterocycles. The van der Waals surface area contributed by atoms with Crippen molar-refractivity contribution in [3.05, 3.63) is 60.7 Å². The van der Waals surface area contributed by atoms with E-state index in [0.717, 1.165) is 32.1 Å². The van der Waals surface area contributed by atoms with E-state index in [1.165, 1.54) is 10.4 Å². The van der Waals surface area contributed by atoms with Gasteiger partial charge in [-0.1, -0.05) is 81.4 Å². The normalized spacial score (nSPS) is 19.4. The van der Waals surface area contributed by atoms with E-state index in [-0.39, 0.29) is 24.4 Å². The molecule has 0 amide bonds. The summed E-state index contributed by atoms with van der Waals surface area (Å²) in [7, 11) is -2.56. The molecule has 4 atom stereocenters. The number of aliphatic hydroxyl groups excluding tert-OH is 3. The molecule has 1 heterocycles. The summed E-state index contributed by atoms with van der Waals surface area (Å²) in [5.41, 5.74) is 0. The van der Waals surface area contributed by atoms with Crippen molar-refractivity contribution in [3.63, 3.8) is 0 Å². The van der Waals surface area contributed by atoms with E-state index in [1.807, 2.05) is 12.1 Å². The van der Waals surface area contributed by atoms with Gasteiger partial charge in [-0.25, -0.2) is 0 Å². The Morgan fingerprint density at radius 1 is 0.892 bits per heavy atom. The molecular weight excluding hydrogens is 484 g/mol. The van der Waals surface area contributed by atoms with Crippen LogP contribution in [0.4, 0.5) is 0 Å². The molecule has 7 heteroatoms. The molecule has 1 unspecified atom stereocenters. The van der Waals surface area contributed by atoms with Crippen molar-refractivity contribution in [2.24, 2.45) is 0 Å². The molecule has 1 saturated heterocycles.